The number of alkyl halides is 1. The molecule has 0 amide bonds. The van der Waals surface area contributed by atoms with E-state index < -0.39 is 0 Å². The fourth-order valence-corrected chi connectivity index (χ4v) is 1.23. The predicted octanol–water partition coefficient (Wildman–Crippen LogP) is 0.952. The summed E-state index contributed by atoms with van der Waals surface area (Å²) in [4.78, 5) is 5.60. The number of hydrogen-bond donors (Lipinski definition) is 0. The van der Waals surface area contributed by atoms with E-state index in [0.29, 0.717) is 0 Å². The largest absolute Gasteiger partial charge is 0.258 e. The lowest BCUT2D eigenvalue weighted by Gasteiger charge is -1.97. The third kappa shape index (κ3) is 1.72. The fourth-order valence-electron chi connectivity index (χ4n) is 0.899. The van der Waals surface area contributed by atoms with E-state index >= 15 is 0 Å². The molecule has 0 aliphatic carbocycles. The molecule has 0 aromatic carbocycles. The smallest absolute Gasteiger partial charge is 0.162 e. The molecule has 0 N–H and O–H groups in total. The van der Waals surface area contributed by atoms with Gasteiger partial charge in [0, 0.05) is 5.33 Å². The predicted molar refractivity (Wildman–Crippen MR) is 49.6 cm³/mol. The second-order valence-corrected chi connectivity index (χ2v) is 2.93. The van der Waals surface area contributed by atoms with Crippen LogP contribution in [0.4, 0.5) is 0 Å². The molecule has 2 aromatic heterocycles. The summed E-state index contributed by atoms with van der Waals surface area (Å²) in [6.45, 7) is 0. The molecule has 0 unspecified atom stereocenters. The monoisotopic (exact) mass is 239 g/mol. The van der Waals surface area contributed by atoms with Gasteiger partial charge in [0.2, 0.25) is 0 Å². The molecule has 2 aromatic rings. The molecule has 0 bridgehead atoms. The Bertz CT molecular complexity index is 368. The van der Waals surface area contributed by atoms with Gasteiger partial charge >= 0.3 is 0 Å². The van der Waals surface area contributed by atoms with Gasteiger partial charge in [0.05, 0.1) is 11.9 Å². The molecule has 2 heterocycles. The van der Waals surface area contributed by atoms with E-state index in [0.717, 1.165) is 16.7 Å². The number of nitrogens with zero attached hydrogens (tertiary/aromatic N) is 5. The maximum atomic E-state index is 4.18. The third-order valence-electron chi connectivity index (χ3n) is 1.53. The molecule has 0 saturated heterocycles. The highest BCUT2D eigenvalue weighted by Gasteiger charge is 1.98. The first-order chi connectivity index (χ1) is 6.40. The average molecular weight is 240 g/mol. The summed E-state index contributed by atoms with van der Waals surface area (Å²) < 4.78 is 0. The van der Waals surface area contributed by atoms with E-state index in [-0.39, 0.29) is 0 Å². The van der Waals surface area contributed by atoms with E-state index in [1.165, 1.54) is 11.1 Å². The Morgan fingerprint density at radius 2 is 2.31 bits per heavy atom. The summed E-state index contributed by atoms with van der Waals surface area (Å²) in [5, 5.41) is 12.0. The van der Waals surface area contributed by atoms with E-state index in [9.17, 15) is 0 Å². The minimum Gasteiger partial charge on any atom is -0.258 e. The van der Waals surface area contributed by atoms with E-state index in [2.05, 4.69) is 36.3 Å². The molecule has 0 fully saturated rings. The van der Waals surface area contributed by atoms with Crippen molar-refractivity contribution in [3.63, 3.8) is 0 Å². The Morgan fingerprint density at radius 3 is 2.85 bits per heavy atom. The van der Waals surface area contributed by atoms with E-state index in [4.69, 9.17) is 0 Å². The van der Waals surface area contributed by atoms with Crippen molar-refractivity contribution < 1.29 is 0 Å². The van der Waals surface area contributed by atoms with Crippen molar-refractivity contribution in [1.29, 1.82) is 0 Å². The van der Waals surface area contributed by atoms with Crippen molar-refractivity contribution in [2.75, 3.05) is 0 Å². The quantitative estimate of drug-likeness (QED) is 0.733. The van der Waals surface area contributed by atoms with Crippen molar-refractivity contribution in [2.24, 2.45) is 0 Å². The second kappa shape index (κ2) is 3.61. The van der Waals surface area contributed by atoms with Gasteiger partial charge in [-0.2, -0.15) is 0 Å². The lowest BCUT2D eigenvalue weighted by atomic mass is 10.3. The van der Waals surface area contributed by atoms with E-state index in [1.54, 1.807) is 6.20 Å². The van der Waals surface area contributed by atoms with Gasteiger partial charge in [-0.3, -0.25) is 4.98 Å². The van der Waals surface area contributed by atoms with Crippen LogP contribution in [0.25, 0.3) is 5.69 Å². The molecule has 13 heavy (non-hydrogen) atoms. The van der Waals surface area contributed by atoms with Crippen LogP contribution >= 0.6 is 15.9 Å². The minimum atomic E-state index is 0.748. The Morgan fingerprint density at radius 1 is 1.38 bits per heavy atom. The SMILES string of the molecule is BrCc1ccc(-n2ncnn2)cn1. The zero-order valence-electron chi connectivity index (χ0n) is 6.63. The number of tetrazole rings is 1. The summed E-state index contributed by atoms with van der Waals surface area (Å²) in [5.41, 5.74) is 1.78. The molecule has 0 saturated carbocycles. The van der Waals surface area contributed by atoms with Gasteiger partial charge in [0.25, 0.3) is 0 Å². The molecule has 5 nitrogen and oxygen atoms in total. The van der Waals surface area contributed by atoms with Crippen molar-refractivity contribution in [3.8, 4) is 5.69 Å². The van der Waals surface area contributed by atoms with Crippen LogP contribution in [0.3, 0.4) is 0 Å². The normalized spacial score (nSPS) is 10.2. The summed E-state index contributed by atoms with van der Waals surface area (Å²) in [7, 11) is 0. The fraction of sp³-hybridized carbons (Fsp3) is 0.143. The van der Waals surface area contributed by atoms with Crippen LogP contribution in [0.5, 0.6) is 0 Å². The van der Waals surface area contributed by atoms with Crippen molar-refractivity contribution in [3.05, 3.63) is 30.4 Å². The van der Waals surface area contributed by atoms with Crippen molar-refractivity contribution >= 4 is 15.9 Å². The minimum absolute atomic E-state index is 0.748. The highest BCUT2D eigenvalue weighted by molar-refractivity contribution is 9.08. The lowest BCUT2D eigenvalue weighted by Crippen LogP contribution is -1.99. The van der Waals surface area contributed by atoms with Gasteiger partial charge < -0.3 is 0 Å². The summed E-state index contributed by atoms with van der Waals surface area (Å²) in [5.74, 6) is 0. The Hall–Kier alpha value is -1.30. The lowest BCUT2D eigenvalue weighted by molar-refractivity contribution is 0.716. The van der Waals surface area contributed by atoms with E-state index in [1.807, 2.05) is 12.1 Å². The number of rotatable bonds is 2. The molecule has 0 radical (unpaired) electrons. The molecule has 0 spiro atoms. The van der Waals surface area contributed by atoms with Gasteiger partial charge in [-0.1, -0.05) is 15.9 Å². The number of pyridine rings is 1. The zero-order chi connectivity index (χ0) is 9.10. The molecule has 2 rings (SSSR count). The van der Waals surface area contributed by atoms with Crippen LogP contribution in [0.1, 0.15) is 5.69 Å². The van der Waals surface area contributed by atoms with Gasteiger partial charge in [0.1, 0.15) is 5.69 Å². The Kier molecular flexibility index (Phi) is 2.31. The second-order valence-electron chi connectivity index (χ2n) is 2.37. The van der Waals surface area contributed by atoms with Gasteiger partial charge in [0.15, 0.2) is 6.33 Å². The van der Waals surface area contributed by atoms with Gasteiger partial charge in [-0.15, -0.1) is 15.0 Å². The molecule has 0 aliphatic heterocycles. The third-order valence-corrected chi connectivity index (χ3v) is 2.10. The van der Waals surface area contributed by atoms with Crippen LogP contribution in [0.15, 0.2) is 24.7 Å². The highest BCUT2D eigenvalue weighted by atomic mass is 79.9. The highest BCUT2D eigenvalue weighted by Crippen LogP contribution is 2.05. The van der Waals surface area contributed by atoms with Gasteiger partial charge in [-0.25, -0.2) is 0 Å². The Labute approximate surface area is 82.9 Å². The van der Waals surface area contributed by atoms with Crippen molar-refractivity contribution in [2.45, 2.75) is 5.33 Å². The number of halogens is 1. The van der Waals surface area contributed by atoms with Crippen LogP contribution in [-0.2, 0) is 5.33 Å². The zero-order valence-corrected chi connectivity index (χ0v) is 8.22. The summed E-state index contributed by atoms with van der Waals surface area (Å²) >= 11 is 3.32. The molecule has 6 heteroatoms. The molecule has 66 valence electrons. The van der Waals surface area contributed by atoms with Crippen molar-refractivity contribution in [1.82, 2.24) is 25.2 Å². The number of hydrogen-bond acceptors (Lipinski definition) is 4. The molecule has 0 aliphatic rings. The maximum Gasteiger partial charge on any atom is 0.162 e. The van der Waals surface area contributed by atoms with Crippen LogP contribution in [0, 0.1) is 0 Å². The first-order valence-electron chi connectivity index (χ1n) is 3.64. The topological polar surface area (TPSA) is 56.5 Å². The Balaban J connectivity index is 2.33. The van der Waals surface area contributed by atoms with Gasteiger partial charge in [-0.05, 0) is 17.3 Å². The standard InChI is InChI=1S/C7H6BrN5/c8-3-6-1-2-7(4-9-6)13-11-5-10-12-13/h1-2,4-5H,3H2. The first kappa shape index (κ1) is 8.31. The summed E-state index contributed by atoms with van der Waals surface area (Å²) in [6, 6.07) is 3.80. The summed E-state index contributed by atoms with van der Waals surface area (Å²) in [6.07, 6.45) is 3.09. The molecular weight excluding hydrogens is 234 g/mol. The molecule has 0 atom stereocenters. The molecular formula is C7H6BrN5. The maximum absolute atomic E-state index is 4.18. The van der Waals surface area contributed by atoms with Crippen LogP contribution in [-0.4, -0.2) is 25.2 Å². The number of aromatic nitrogens is 5. The van der Waals surface area contributed by atoms with Crippen LogP contribution in [0.2, 0.25) is 0 Å². The van der Waals surface area contributed by atoms with Crippen LogP contribution < -0.4 is 0 Å². The average Bonchev–Trinajstić information content (AvgIpc) is 2.71. The first-order valence-corrected chi connectivity index (χ1v) is 4.76.